The molecule has 1 fully saturated rings. The van der Waals surface area contributed by atoms with Crippen LogP contribution in [0, 0.1) is 0 Å². The number of likely N-dealkylation sites (N-methyl/N-ethyl adjacent to an activating group) is 1. The van der Waals surface area contributed by atoms with E-state index in [0.29, 0.717) is 12.0 Å². The number of rotatable bonds is 3. The molecule has 0 radical (unpaired) electrons. The van der Waals surface area contributed by atoms with Crippen molar-refractivity contribution in [1.29, 1.82) is 0 Å². The number of halogens is 1. The molecule has 1 amide bonds. The van der Waals surface area contributed by atoms with Crippen LogP contribution in [0.1, 0.15) is 43.2 Å². The zero-order valence-corrected chi connectivity index (χ0v) is 14.4. The summed E-state index contributed by atoms with van der Waals surface area (Å²) in [6, 6.07) is 6.70. The Morgan fingerprint density at radius 1 is 1.41 bits per heavy atom. The van der Waals surface area contributed by atoms with Gasteiger partial charge in [-0.05, 0) is 49.4 Å². The van der Waals surface area contributed by atoms with Crippen LogP contribution in [-0.2, 0) is 11.2 Å². The van der Waals surface area contributed by atoms with Crippen molar-refractivity contribution in [3.63, 3.8) is 0 Å². The Kier molecular flexibility index (Phi) is 4.47. The number of hydrogen-bond acceptors (Lipinski definition) is 2. The van der Waals surface area contributed by atoms with Crippen molar-refractivity contribution in [1.82, 2.24) is 9.80 Å². The van der Waals surface area contributed by atoms with E-state index in [0.717, 1.165) is 37.3 Å². The second-order valence-electron chi connectivity index (χ2n) is 6.73. The molecular weight excluding hydrogens is 296 g/mol. The van der Waals surface area contributed by atoms with Crippen LogP contribution in [-0.4, -0.2) is 48.4 Å². The number of carbonyl (C=O) groups is 1. The number of likely N-dealkylation sites (tertiary alicyclic amines) is 1. The molecule has 1 aromatic rings. The van der Waals surface area contributed by atoms with E-state index in [1.807, 2.05) is 26.2 Å². The van der Waals surface area contributed by atoms with Crippen LogP contribution in [0.2, 0.25) is 5.02 Å². The van der Waals surface area contributed by atoms with Crippen molar-refractivity contribution in [3.05, 3.63) is 34.3 Å². The number of hydrogen-bond donors (Lipinski definition) is 0. The summed E-state index contributed by atoms with van der Waals surface area (Å²) in [6.45, 7) is 3.26. The number of carbonyl (C=O) groups excluding carboxylic acids is 1. The van der Waals surface area contributed by atoms with Crippen molar-refractivity contribution in [2.24, 2.45) is 0 Å². The Bertz CT molecular complexity index is 572. The highest BCUT2D eigenvalue weighted by Crippen LogP contribution is 2.44. The highest BCUT2D eigenvalue weighted by molar-refractivity contribution is 6.31. The Hall–Kier alpha value is -1.06. The topological polar surface area (TPSA) is 23.6 Å². The van der Waals surface area contributed by atoms with Crippen molar-refractivity contribution >= 4 is 17.5 Å². The van der Waals surface area contributed by atoms with Crippen LogP contribution in [0.15, 0.2) is 18.2 Å². The molecular formula is C18H25ClN2O. The molecule has 1 saturated heterocycles. The molecule has 0 N–H and O–H groups in total. The second-order valence-corrected chi connectivity index (χ2v) is 7.13. The number of benzene rings is 1. The van der Waals surface area contributed by atoms with Crippen LogP contribution < -0.4 is 0 Å². The average molecular weight is 321 g/mol. The summed E-state index contributed by atoms with van der Waals surface area (Å²) >= 11 is 6.47. The average Bonchev–Trinajstić information content (AvgIpc) is 3.10. The van der Waals surface area contributed by atoms with Crippen molar-refractivity contribution in [2.75, 3.05) is 20.6 Å². The lowest BCUT2D eigenvalue weighted by Crippen LogP contribution is -2.48. The molecule has 0 aromatic heterocycles. The summed E-state index contributed by atoms with van der Waals surface area (Å²) in [4.78, 5) is 16.7. The first-order chi connectivity index (χ1) is 10.5. The van der Waals surface area contributed by atoms with Gasteiger partial charge in [-0.1, -0.05) is 30.7 Å². The molecule has 0 spiro atoms. The molecule has 0 unspecified atom stereocenters. The standard InChI is InChI=1S/C18H25ClN2O/c1-4-13-16(11-12-7-5-8-14(19)17(12)13)21-10-6-9-15(21)18(22)20(2)3/h5,7-8,13,15-16H,4,6,9-11H2,1-3H3/t13-,15-,16+/m0/s1. The van der Waals surface area contributed by atoms with E-state index >= 15 is 0 Å². The van der Waals surface area contributed by atoms with Gasteiger partial charge in [0.25, 0.3) is 0 Å². The minimum atomic E-state index is 0.0436. The fraction of sp³-hybridized carbons (Fsp3) is 0.611. The summed E-state index contributed by atoms with van der Waals surface area (Å²) in [6.07, 6.45) is 4.18. The van der Waals surface area contributed by atoms with E-state index < -0.39 is 0 Å². The number of fused-ring (bicyclic) bond motifs is 1. The van der Waals surface area contributed by atoms with E-state index in [-0.39, 0.29) is 11.9 Å². The molecule has 1 aliphatic carbocycles. The van der Waals surface area contributed by atoms with Crippen LogP contribution >= 0.6 is 11.6 Å². The molecule has 22 heavy (non-hydrogen) atoms. The molecule has 120 valence electrons. The first-order valence-electron chi connectivity index (χ1n) is 8.28. The van der Waals surface area contributed by atoms with E-state index in [9.17, 15) is 4.79 Å². The molecule has 0 saturated carbocycles. The molecule has 1 aromatic carbocycles. The van der Waals surface area contributed by atoms with Crippen molar-refractivity contribution in [3.8, 4) is 0 Å². The van der Waals surface area contributed by atoms with Crippen LogP contribution in [0.5, 0.6) is 0 Å². The minimum absolute atomic E-state index is 0.0436. The zero-order valence-electron chi connectivity index (χ0n) is 13.7. The predicted octanol–water partition coefficient (Wildman–Crippen LogP) is 3.31. The number of nitrogens with zero attached hydrogens (tertiary/aromatic N) is 2. The molecule has 0 bridgehead atoms. The molecule has 3 atom stereocenters. The lowest BCUT2D eigenvalue weighted by Gasteiger charge is -2.34. The fourth-order valence-corrected chi connectivity index (χ4v) is 4.64. The third kappa shape index (κ3) is 2.55. The smallest absolute Gasteiger partial charge is 0.239 e. The highest BCUT2D eigenvalue weighted by Gasteiger charge is 2.43. The van der Waals surface area contributed by atoms with Gasteiger partial charge in [-0.15, -0.1) is 0 Å². The third-order valence-corrected chi connectivity index (χ3v) is 5.62. The van der Waals surface area contributed by atoms with Gasteiger partial charge in [-0.3, -0.25) is 9.69 Å². The zero-order chi connectivity index (χ0) is 15.9. The first-order valence-corrected chi connectivity index (χ1v) is 8.66. The quantitative estimate of drug-likeness (QED) is 0.853. The molecule has 1 heterocycles. The van der Waals surface area contributed by atoms with Crippen LogP contribution in [0.25, 0.3) is 0 Å². The van der Waals surface area contributed by atoms with Gasteiger partial charge in [-0.2, -0.15) is 0 Å². The maximum Gasteiger partial charge on any atom is 0.239 e. The van der Waals surface area contributed by atoms with Gasteiger partial charge in [0.1, 0.15) is 0 Å². The van der Waals surface area contributed by atoms with Gasteiger partial charge in [0, 0.05) is 31.1 Å². The minimum Gasteiger partial charge on any atom is -0.347 e. The van der Waals surface area contributed by atoms with E-state index in [4.69, 9.17) is 11.6 Å². The summed E-state index contributed by atoms with van der Waals surface area (Å²) < 4.78 is 0. The Labute approximate surface area is 138 Å². The largest absolute Gasteiger partial charge is 0.347 e. The lowest BCUT2D eigenvalue weighted by atomic mass is 9.94. The van der Waals surface area contributed by atoms with Gasteiger partial charge in [-0.25, -0.2) is 0 Å². The van der Waals surface area contributed by atoms with Crippen molar-refractivity contribution in [2.45, 2.75) is 50.6 Å². The molecule has 2 aliphatic rings. The van der Waals surface area contributed by atoms with E-state index in [1.54, 1.807) is 4.90 Å². The second kappa shape index (κ2) is 6.21. The summed E-state index contributed by atoms with van der Waals surface area (Å²) in [5, 5.41) is 0.890. The predicted molar refractivity (Wildman–Crippen MR) is 90.4 cm³/mol. The Morgan fingerprint density at radius 3 is 2.86 bits per heavy atom. The number of amides is 1. The Balaban J connectivity index is 1.89. The normalized spacial score (nSPS) is 27.9. The van der Waals surface area contributed by atoms with Gasteiger partial charge in [0.2, 0.25) is 5.91 Å². The monoisotopic (exact) mass is 320 g/mol. The van der Waals surface area contributed by atoms with Gasteiger partial charge in [0.05, 0.1) is 6.04 Å². The van der Waals surface area contributed by atoms with E-state index in [2.05, 4.69) is 17.9 Å². The summed E-state index contributed by atoms with van der Waals surface area (Å²) in [7, 11) is 3.72. The lowest BCUT2D eigenvalue weighted by molar-refractivity contribution is -0.134. The maximum absolute atomic E-state index is 12.5. The third-order valence-electron chi connectivity index (χ3n) is 5.29. The summed E-state index contributed by atoms with van der Waals surface area (Å²) in [5.41, 5.74) is 2.69. The Morgan fingerprint density at radius 2 is 2.18 bits per heavy atom. The van der Waals surface area contributed by atoms with Crippen molar-refractivity contribution < 1.29 is 4.79 Å². The molecule has 3 nitrogen and oxygen atoms in total. The maximum atomic E-state index is 12.5. The first kappa shape index (κ1) is 15.8. The molecule has 3 rings (SSSR count). The SMILES string of the molecule is CC[C@@H]1c2c(Cl)cccc2C[C@H]1N1CCC[C@H]1C(=O)N(C)C. The van der Waals surface area contributed by atoms with Crippen LogP contribution in [0.3, 0.4) is 0 Å². The summed E-state index contributed by atoms with van der Waals surface area (Å²) in [5.74, 6) is 0.689. The van der Waals surface area contributed by atoms with Gasteiger partial charge in [0.15, 0.2) is 0 Å². The van der Waals surface area contributed by atoms with Crippen LogP contribution in [0.4, 0.5) is 0 Å². The molecule has 1 aliphatic heterocycles. The highest BCUT2D eigenvalue weighted by atomic mass is 35.5. The van der Waals surface area contributed by atoms with E-state index in [1.165, 1.54) is 11.1 Å². The fourth-order valence-electron chi connectivity index (χ4n) is 4.31. The molecule has 4 heteroatoms. The van der Waals surface area contributed by atoms with Gasteiger partial charge >= 0.3 is 0 Å². The van der Waals surface area contributed by atoms with Gasteiger partial charge < -0.3 is 4.90 Å².